The fraction of sp³-hybridized carbons (Fsp3) is 0.475. The van der Waals surface area contributed by atoms with E-state index in [1.165, 1.54) is 11.8 Å². The molecule has 0 aromatic heterocycles. The van der Waals surface area contributed by atoms with Gasteiger partial charge in [0, 0.05) is 67.8 Å². The Morgan fingerprint density at radius 2 is 1.47 bits per heavy atom. The van der Waals surface area contributed by atoms with Crippen molar-refractivity contribution in [1.29, 1.82) is 0 Å². The van der Waals surface area contributed by atoms with Crippen LogP contribution in [-0.4, -0.2) is 98.9 Å². The van der Waals surface area contributed by atoms with Gasteiger partial charge >= 0.3 is 6.03 Å². The minimum Gasteiger partial charge on any atom is -0.493 e. The average molecular weight is 804 g/mol. The first kappa shape index (κ1) is 41.2. The second kappa shape index (κ2) is 18.1. The Morgan fingerprint density at radius 1 is 0.906 bits per heavy atom. The van der Waals surface area contributed by atoms with Crippen molar-refractivity contribution in [1.82, 2.24) is 14.7 Å². The third kappa shape index (κ3) is 8.63. The van der Waals surface area contributed by atoms with Crippen LogP contribution in [0.3, 0.4) is 0 Å². The van der Waals surface area contributed by atoms with Gasteiger partial charge in [0.2, 0.25) is 5.91 Å². The van der Waals surface area contributed by atoms with Crippen molar-refractivity contribution in [2.24, 2.45) is 10.9 Å². The number of benzene rings is 3. The van der Waals surface area contributed by atoms with E-state index < -0.39 is 11.1 Å². The molecule has 3 amide bonds. The number of urea groups is 1. The van der Waals surface area contributed by atoms with Crippen LogP contribution in [-0.2, 0) is 25.3 Å². The number of hydrogen-bond donors (Lipinski definition) is 0. The number of amidine groups is 1. The number of rotatable bonds is 14. The lowest BCUT2D eigenvalue weighted by Gasteiger charge is -2.47. The Labute approximate surface area is 332 Å². The highest BCUT2D eigenvalue weighted by molar-refractivity contribution is 7.98. The normalized spacial score (nSPS) is 20.4. The van der Waals surface area contributed by atoms with Crippen molar-refractivity contribution < 1.29 is 23.8 Å². The maximum atomic E-state index is 15.3. The summed E-state index contributed by atoms with van der Waals surface area (Å²) in [7, 11) is 3.26. The van der Waals surface area contributed by atoms with E-state index >= 15 is 4.79 Å². The fourth-order valence-electron chi connectivity index (χ4n) is 7.32. The summed E-state index contributed by atoms with van der Waals surface area (Å²) in [6.45, 7) is 9.34. The molecule has 9 nitrogen and oxygen atoms in total. The quantitative estimate of drug-likeness (QED) is 0.151. The van der Waals surface area contributed by atoms with Crippen molar-refractivity contribution in [3.05, 3.63) is 92.4 Å². The Balaban J connectivity index is 1.57. The second-order valence-electron chi connectivity index (χ2n) is 13.6. The summed E-state index contributed by atoms with van der Waals surface area (Å²) in [6.07, 6.45) is 3.74. The van der Waals surface area contributed by atoms with E-state index in [4.69, 9.17) is 54.0 Å². The molecule has 0 N–H and O–H groups in total. The molecule has 1 fully saturated rings. The summed E-state index contributed by atoms with van der Waals surface area (Å²) < 4.78 is 16.7. The molecule has 53 heavy (non-hydrogen) atoms. The van der Waals surface area contributed by atoms with Crippen molar-refractivity contribution in [2.75, 3.05) is 66.5 Å². The van der Waals surface area contributed by atoms with Gasteiger partial charge in [-0.1, -0.05) is 59.1 Å². The molecule has 0 radical (unpaired) electrons. The molecule has 2 atom stereocenters. The zero-order valence-electron chi connectivity index (χ0n) is 31.3. The van der Waals surface area contributed by atoms with Crippen molar-refractivity contribution in [3.8, 4) is 5.75 Å². The van der Waals surface area contributed by atoms with Crippen molar-refractivity contribution in [2.45, 2.75) is 56.0 Å². The average Bonchev–Trinajstić information content (AvgIpc) is 3.39. The minimum absolute atomic E-state index is 0.0719. The van der Waals surface area contributed by atoms with E-state index in [0.29, 0.717) is 97.5 Å². The number of likely N-dealkylation sites (tertiary alicyclic amines) is 1. The van der Waals surface area contributed by atoms with Crippen LogP contribution in [0.15, 0.2) is 70.6 Å². The number of thioether (sulfide) groups is 1. The Morgan fingerprint density at radius 3 is 2.00 bits per heavy atom. The summed E-state index contributed by atoms with van der Waals surface area (Å²) in [4.78, 5) is 40.6. The first-order valence-corrected chi connectivity index (χ1v) is 20.2. The lowest BCUT2D eigenvalue weighted by Crippen LogP contribution is -2.59. The van der Waals surface area contributed by atoms with Crippen LogP contribution in [0.5, 0.6) is 5.75 Å². The third-order valence-electron chi connectivity index (χ3n) is 10.6. The Bertz CT molecular complexity index is 1760. The summed E-state index contributed by atoms with van der Waals surface area (Å²) in [5.74, 6) is 1.22. The van der Waals surface area contributed by atoms with Gasteiger partial charge in [-0.15, -0.1) is 11.8 Å². The van der Waals surface area contributed by atoms with Crippen LogP contribution in [0.25, 0.3) is 0 Å². The lowest BCUT2D eigenvalue weighted by molar-refractivity contribution is -0.133. The highest BCUT2D eigenvalue weighted by atomic mass is 35.5. The van der Waals surface area contributed by atoms with E-state index in [1.807, 2.05) is 77.6 Å². The van der Waals surface area contributed by atoms with Gasteiger partial charge in [0.1, 0.15) is 22.7 Å². The van der Waals surface area contributed by atoms with Crippen LogP contribution in [0.4, 0.5) is 4.79 Å². The maximum absolute atomic E-state index is 15.3. The monoisotopic (exact) mass is 802 g/mol. The zero-order chi connectivity index (χ0) is 38.3. The maximum Gasteiger partial charge on any atom is 0.326 e. The number of methoxy groups -OCH3 is 2. The molecule has 2 unspecified atom stereocenters. The minimum atomic E-state index is -1.05. The predicted octanol–water partition coefficient (Wildman–Crippen LogP) is 9.00. The van der Waals surface area contributed by atoms with Gasteiger partial charge < -0.3 is 24.0 Å². The SMILES string of the molecule is CCOc1cc(Cl)c(SC)cc1C1=NC(C)(c2ccc(Cl)cc2)C(C)(c2ccc(Cl)cc2)N1C(=O)N1CCC(CC(=O)N(CCOC)CCOC)CC1. The smallest absolute Gasteiger partial charge is 0.326 e. The first-order chi connectivity index (χ1) is 25.4. The first-order valence-electron chi connectivity index (χ1n) is 17.9. The molecular weight excluding hydrogens is 755 g/mol. The second-order valence-corrected chi connectivity index (χ2v) is 15.8. The molecule has 0 saturated carbocycles. The van der Waals surface area contributed by atoms with E-state index in [-0.39, 0.29) is 17.9 Å². The molecule has 0 bridgehead atoms. The van der Waals surface area contributed by atoms with Crippen LogP contribution in [0.1, 0.15) is 56.7 Å². The highest BCUT2D eigenvalue weighted by Gasteiger charge is 2.60. The van der Waals surface area contributed by atoms with Crippen molar-refractivity contribution in [3.63, 3.8) is 0 Å². The van der Waals surface area contributed by atoms with Gasteiger partial charge in [0.15, 0.2) is 0 Å². The molecule has 2 aliphatic heterocycles. The number of aliphatic imine (C=N–C) groups is 1. The molecule has 0 spiro atoms. The molecule has 286 valence electrons. The van der Waals surface area contributed by atoms with Gasteiger partial charge in [-0.05, 0) is 87.2 Å². The van der Waals surface area contributed by atoms with Crippen LogP contribution in [0.2, 0.25) is 15.1 Å². The molecule has 3 aromatic carbocycles. The van der Waals surface area contributed by atoms with E-state index in [9.17, 15) is 4.79 Å². The lowest BCUT2D eigenvalue weighted by atomic mass is 9.71. The number of halogens is 3. The predicted molar refractivity (Wildman–Crippen MR) is 215 cm³/mol. The van der Waals surface area contributed by atoms with E-state index in [1.54, 1.807) is 25.2 Å². The molecule has 1 saturated heterocycles. The van der Waals surface area contributed by atoms with Crippen molar-refractivity contribution >= 4 is 64.3 Å². The molecule has 2 heterocycles. The van der Waals surface area contributed by atoms with Gasteiger partial charge in [-0.25, -0.2) is 4.79 Å². The molecular formula is C40H49Cl3N4O5S. The number of nitrogens with zero attached hydrogens (tertiary/aromatic N) is 4. The summed E-state index contributed by atoms with van der Waals surface area (Å²) in [5.41, 5.74) is 0.372. The summed E-state index contributed by atoms with van der Waals surface area (Å²) >= 11 is 21.1. The number of amides is 3. The third-order valence-corrected chi connectivity index (χ3v) is 12.3. The topological polar surface area (TPSA) is 83.9 Å². The molecule has 13 heteroatoms. The van der Waals surface area contributed by atoms with Crippen LogP contribution in [0, 0.1) is 5.92 Å². The summed E-state index contributed by atoms with van der Waals surface area (Å²) in [5, 5.41) is 1.74. The van der Waals surface area contributed by atoms with Gasteiger partial charge in [0.25, 0.3) is 0 Å². The number of piperidine rings is 1. The highest BCUT2D eigenvalue weighted by Crippen LogP contribution is 2.54. The van der Waals surface area contributed by atoms with Gasteiger partial charge in [0.05, 0.1) is 30.4 Å². The largest absolute Gasteiger partial charge is 0.493 e. The molecule has 5 rings (SSSR count). The van der Waals surface area contributed by atoms with Gasteiger partial charge in [-0.3, -0.25) is 14.7 Å². The molecule has 2 aliphatic rings. The van der Waals surface area contributed by atoms with E-state index in [0.717, 1.165) is 16.0 Å². The van der Waals surface area contributed by atoms with E-state index in [2.05, 4.69) is 13.8 Å². The Hall–Kier alpha value is -2.99. The van der Waals surface area contributed by atoms with Gasteiger partial charge in [-0.2, -0.15) is 0 Å². The Kier molecular flexibility index (Phi) is 14.1. The zero-order valence-corrected chi connectivity index (χ0v) is 34.4. The standard InChI is InChI=1S/C40H49Cl3N4O5S/c1-7-52-34-26-33(43)35(53-6)25-32(34)37-44-39(2,28-8-12-30(41)13-9-28)40(3,29-10-14-31(42)15-11-29)47(37)38(49)46-18-16-27(17-19-46)24-36(48)45(20-22-50-4)21-23-51-5/h8-15,25-27H,7,16-24H2,1-6H3. The fourth-order valence-corrected chi connectivity index (χ4v) is 8.45. The number of carbonyl (C=O) groups excluding carboxylic acids is 2. The van der Waals surface area contributed by atoms with Crippen LogP contribution >= 0.6 is 46.6 Å². The number of carbonyl (C=O) groups is 2. The number of ether oxygens (including phenoxy) is 3. The van der Waals surface area contributed by atoms with Crippen LogP contribution < -0.4 is 4.74 Å². The molecule has 0 aliphatic carbocycles. The molecule has 3 aromatic rings. The summed E-state index contributed by atoms with van der Waals surface area (Å²) in [6, 6.07) is 18.8. The number of hydrogen-bond acceptors (Lipinski definition) is 7.